The van der Waals surface area contributed by atoms with Crippen molar-refractivity contribution in [3.63, 3.8) is 0 Å². The molecule has 6 nitrogen and oxygen atoms in total. The van der Waals surface area contributed by atoms with Crippen molar-refractivity contribution in [2.75, 3.05) is 6.54 Å². The van der Waals surface area contributed by atoms with Gasteiger partial charge in [-0.1, -0.05) is 38.1 Å². The van der Waals surface area contributed by atoms with Gasteiger partial charge in [0, 0.05) is 13.5 Å². The van der Waals surface area contributed by atoms with Gasteiger partial charge in [-0.3, -0.25) is 9.59 Å². The lowest BCUT2D eigenvalue weighted by atomic mass is 10.0. The Balaban J connectivity index is 1.98. The number of amides is 1. The maximum absolute atomic E-state index is 12.2. The highest BCUT2D eigenvalue weighted by atomic mass is 16.5. The molecule has 1 atom stereocenters. The van der Waals surface area contributed by atoms with E-state index in [1.54, 1.807) is 43.3 Å². The van der Waals surface area contributed by atoms with Crippen LogP contribution >= 0.6 is 0 Å². The summed E-state index contributed by atoms with van der Waals surface area (Å²) in [5.41, 5.74) is 2.18. The highest BCUT2D eigenvalue weighted by Gasteiger charge is 2.18. The van der Waals surface area contributed by atoms with Crippen LogP contribution in [0.5, 0.6) is 5.75 Å². The summed E-state index contributed by atoms with van der Waals surface area (Å²) in [6, 6.07) is 13.9. The van der Waals surface area contributed by atoms with Crippen LogP contribution in [0.4, 0.5) is 0 Å². The Labute approximate surface area is 164 Å². The molecule has 0 aliphatic carbocycles. The molecule has 0 saturated carbocycles. The Bertz CT molecular complexity index is 825. The first kappa shape index (κ1) is 21.2. The molecule has 2 aromatic carbocycles. The molecule has 2 aromatic rings. The summed E-state index contributed by atoms with van der Waals surface area (Å²) in [6.07, 6.45) is -0.861. The molecule has 2 rings (SSSR count). The molecule has 0 aromatic heterocycles. The fourth-order valence-electron chi connectivity index (χ4n) is 2.41. The average Bonchev–Trinajstić information content (AvgIpc) is 2.66. The number of hydrogen-bond donors (Lipinski definition) is 1. The second-order valence-electron chi connectivity index (χ2n) is 6.88. The fraction of sp³-hybridized carbons (Fsp3) is 0.318. The summed E-state index contributed by atoms with van der Waals surface area (Å²) in [6.45, 7) is 7.41. The van der Waals surface area contributed by atoms with E-state index in [4.69, 9.17) is 9.47 Å². The normalized spacial score (nSPS) is 11.6. The molecule has 0 heterocycles. The van der Waals surface area contributed by atoms with Crippen LogP contribution in [0.3, 0.4) is 0 Å². The summed E-state index contributed by atoms with van der Waals surface area (Å²) in [5.74, 6) is -0.443. The topological polar surface area (TPSA) is 81.7 Å². The summed E-state index contributed by atoms with van der Waals surface area (Å²) in [4.78, 5) is 35.1. The van der Waals surface area contributed by atoms with Crippen molar-refractivity contribution >= 4 is 17.8 Å². The third-order valence-electron chi connectivity index (χ3n) is 3.91. The van der Waals surface area contributed by atoms with Crippen molar-refractivity contribution in [1.29, 1.82) is 0 Å². The predicted molar refractivity (Wildman–Crippen MR) is 106 cm³/mol. The molecule has 0 aliphatic heterocycles. The molecule has 0 saturated heterocycles. The lowest BCUT2D eigenvalue weighted by Crippen LogP contribution is -2.37. The largest absolute Gasteiger partial charge is 0.449 e. The minimum Gasteiger partial charge on any atom is -0.449 e. The van der Waals surface area contributed by atoms with E-state index in [9.17, 15) is 14.4 Å². The molecule has 0 unspecified atom stereocenters. The van der Waals surface area contributed by atoms with E-state index >= 15 is 0 Å². The van der Waals surface area contributed by atoms with Gasteiger partial charge in [0.25, 0.3) is 5.91 Å². The number of benzene rings is 2. The van der Waals surface area contributed by atoms with Crippen LogP contribution in [-0.2, 0) is 14.3 Å². The smallest absolute Gasteiger partial charge is 0.338 e. The molecular formula is C22H25NO5. The molecule has 0 radical (unpaired) electrons. The Morgan fingerprint density at radius 2 is 1.43 bits per heavy atom. The quantitative estimate of drug-likeness (QED) is 0.584. The Kier molecular flexibility index (Phi) is 7.32. The zero-order valence-electron chi connectivity index (χ0n) is 16.5. The van der Waals surface area contributed by atoms with E-state index in [2.05, 4.69) is 5.32 Å². The van der Waals surface area contributed by atoms with E-state index in [1.807, 2.05) is 26.0 Å². The van der Waals surface area contributed by atoms with Crippen LogP contribution in [0.1, 0.15) is 38.1 Å². The van der Waals surface area contributed by atoms with Crippen LogP contribution in [-0.4, -0.2) is 30.5 Å². The second kappa shape index (κ2) is 9.69. The van der Waals surface area contributed by atoms with Crippen molar-refractivity contribution in [2.45, 2.75) is 33.8 Å². The number of carbonyl (C=O) groups excluding carboxylic acids is 3. The van der Waals surface area contributed by atoms with E-state index in [0.29, 0.717) is 23.8 Å². The average molecular weight is 383 g/mol. The first-order valence-corrected chi connectivity index (χ1v) is 9.14. The van der Waals surface area contributed by atoms with E-state index in [0.717, 1.165) is 11.1 Å². The molecule has 148 valence electrons. The molecule has 0 aliphatic rings. The highest BCUT2D eigenvalue weighted by molar-refractivity contribution is 5.92. The van der Waals surface area contributed by atoms with Gasteiger partial charge in [-0.2, -0.15) is 0 Å². The zero-order valence-corrected chi connectivity index (χ0v) is 16.5. The van der Waals surface area contributed by atoms with Crippen LogP contribution in [0.2, 0.25) is 0 Å². The van der Waals surface area contributed by atoms with Gasteiger partial charge in [0.15, 0.2) is 6.10 Å². The van der Waals surface area contributed by atoms with E-state index in [1.165, 1.54) is 6.92 Å². The van der Waals surface area contributed by atoms with Gasteiger partial charge in [0.2, 0.25) is 0 Å². The number of ether oxygens (including phenoxy) is 2. The van der Waals surface area contributed by atoms with E-state index in [-0.39, 0.29) is 11.9 Å². The fourth-order valence-corrected chi connectivity index (χ4v) is 2.41. The summed E-state index contributed by atoms with van der Waals surface area (Å²) >= 11 is 0. The Morgan fingerprint density at radius 3 is 1.93 bits per heavy atom. The first-order chi connectivity index (χ1) is 13.3. The first-order valence-electron chi connectivity index (χ1n) is 9.14. The van der Waals surface area contributed by atoms with Gasteiger partial charge in [0.05, 0.1) is 5.56 Å². The Hall–Kier alpha value is -3.15. The monoisotopic (exact) mass is 383 g/mol. The van der Waals surface area contributed by atoms with Crippen LogP contribution < -0.4 is 10.1 Å². The summed E-state index contributed by atoms with van der Waals surface area (Å²) < 4.78 is 10.2. The highest BCUT2D eigenvalue weighted by Crippen LogP contribution is 2.23. The lowest BCUT2D eigenvalue weighted by molar-refractivity contribution is -0.132. The number of carbonyl (C=O) groups is 3. The Morgan fingerprint density at radius 1 is 0.893 bits per heavy atom. The SMILES string of the molecule is CC(=O)Oc1ccc(-c2ccc(C(=O)O[C@@H](C)C(=O)NCC(C)C)cc2)cc1. The van der Waals surface area contributed by atoms with Crippen LogP contribution in [0.15, 0.2) is 48.5 Å². The minimum atomic E-state index is -0.861. The maximum Gasteiger partial charge on any atom is 0.338 e. The molecule has 6 heteroatoms. The van der Waals surface area contributed by atoms with E-state index < -0.39 is 12.1 Å². The van der Waals surface area contributed by atoms with Gasteiger partial charge in [-0.15, -0.1) is 0 Å². The third kappa shape index (κ3) is 6.23. The number of esters is 2. The van der Waals surface area contributed by atoms with Crippen LogP contribution in [0.25, 0.3) is 11.1 Å². The molecule has 1 amide bonds. The zero-order chi connectivity index (χ0) is 20.7. The third-order valence-corrected chi connectivity index (χ3v) is 3.91. The molecule has 1 N–H and O–H groups in total. The van der Waals surface area contributed by atoms with Crippen molar-refractivity contribution in [3.05, 3.63) is 54.1 Å². The second-order valence-corrected chi connectivity index (χ2v) is 6.88. The molecule has 0 spiro atoms. The van der Waals surface area contributed by atoms with Gasteiger partial charge in [-0.05, 0) is 48.2 Å². The summed E-state index contributed by atoms with van der Waals surface area (Å²) in [7, 11) is 0. The standard InChI is InChI=1S/C22H25NO5/c1-14(2)13-23-21(25)15(3)27-22(26)19-7-5-17(6-8-19)18-9-11-20(12-10-18)28-16(4)24/h5-12,14-15H,13H2,1-4H3,(H,23,25)/t15-/m0/s1. The maximum atomic E-state index is 12.2. The molecule has 28 heavy (non-hydrogen) atoms. The molecular weight excluding hydrogens is 358 g/mol. The van der Waals surface area contributed by atoms with Gasteiger partial charge < -0.3 is 14.8 Å². The van der Waals surface area contributed by atoms with Crippen LogP contribution in [0, 0.1) is 5.92 Å². The predicted octanol–water partition coefficient (Wildman–Crippen LogP) is 3.60. The van der Waals surface area contributed by atoms with Crippen molar-refractivity contribution < 1.29 is 23.9 Å². The van der Waals surface area contributed by atoms with Gasteiger partial charge in [-0.25, -0.2) is 4.79 Å². The lowest BCUT2D eigenvalue weighted by Gasteiger charge is -2.14. The van der Waals surface area contributed by atoms with Crippen molar-refractivity contribution in [2.24, 2.45) is 5.92 Å². The summed E-state index contributed by atoms with van der Waals surface area (Å²) in [5, 5.41) is 2.74. The molecule has 0 fully saturated rings. The number of hydrogen-bond acceptors (Lipinski definition) is 5. The van der Waals surface area contributed by atoms with Gasteiger partial charge in [0.1, 0.15) is 5.75 Å². The number of nitrogens with one attached hydrogen (secondary N) is 1. The van der Waals surface area contributed by atoms with Gasteiger partial charge >= 0.3 is 11.9 Å². The molecule has 0 bridgehead atoms. The van der Waals surface area contributed by atoms with Crippen molar-refractivity contribution in [1.82, 2.24) is 5.32 Å². The number of rotatable bonds is 7. The minimum absolute atomic E-state index is 0.313. The van der Waals surface area contributed by atoms with Crippen molar-refractivity contribution in [3.8, 4) is 16.9 Å².